The summed E-state index contributed by atoms with van der Waals surface area (Å²) in [6, 6.07) is 8.65. The zero-order valence-electron chi connectivity index (χ0n) is 12.1. The van der Waals surface area contributed by atoms with Crippen LogP contribution in [0.25, 0.3) is 0 Å². The minimum Gasteiger partial charge on any atom is -0.392 e. The van der Waals surface area contributed by atoms with Gasteiger partial charge in [0.2, 0.25) is 0 Å². The van der Waals surface area contributed by atoms with Crippen molar-refractivity contribution in [1.82, 2.24) is 4.90 Å². The molecule has 1 aliphatic rings. The summed E-state index contributed by atoms with van der Waals surface area (Å²) >= 11 is 5.95. The van der Waals surface area contributed by atoms with Crippen LogP contribution < -0.4 is 0 Å². The summed E-state index contributed by atoms with van der Waals surface area (Å²) in [5.41, 5.74) is 1.45. The number of likely N-dealkylation sites (tertiary alicyclic amines) is 1. The first-order valence-corrected chi connectivity index (χ1v) is 7.44. The molecule has 0 aliphatic carbocycles. The van der Waals surface area contributed by atoms with E-state index in [0.717, 1.165) is 31.0 Å². The van der Waals surface area contributed by atoms with Crippen molar-refractivity contribution in [3.8, 4) is 0 Å². The highest BCUT2D eigenvalue weighted by Crippen LogP contribution is 2.31. The third kappa shape index (κ3) is 3.71. The maximum atomic E-state index is 9.64. The first kappa shape index (κ1) is 14.8. The Labute approximate surface area is 121 Å². The summed E-state index contributed by atoms with van der Waals surface area (Å²) in [6.45, 7) is 8.64. The third-order valence-corrected chi connectivity index (χ3v) is 4.50. The molecule has 2 nitrogen and oxygen atoms in total. The van der Waals surface area contributed by atoms with E-state index in [1.807, 2.05) is 12.1 Å². The van der Waals surface area contributed by atoms with Crippen LogP contribution in [0.2, 0.25) is 5.02 Å². The van der Waals surface area contributed by atoms with Crippen molar-refractivity contribution in [2.24, 2.45) is 0 Å². The van der Waals surface area contributed by atoms with E-state index in [1.165, 1.54) is 5.56 Å². The van der Waals surface area contributed by atoms with Crippen LogP contribution in [0.5, 0.6) is 0 Å². The molecular weight excluding hydrogens is 258 g/mol. The molecule has 2 atom stereocenters. The Bertz CT molecular complexity index is 415. The van der Waals surface area contributed by atoms with Crippen LogP contribution in [0, 0.1) is 0 Å². The van der Waals surface area contributed by atoms with Crippen LogP contribution in [0.15, 0.2) is 24.3 Å². The highest BCUT2D eigenvalue weighted by molar-refractivity contribution is 6.30. The van der Waals surface area contributed by atoms with Gasteiger partial charge in [-0.05, 0) is 42.9 Å². The maximum Gasteiger partial charge on any atom is 0.0679 e. The molecular formula is C16H24ClNO. The second-order valence-corrected chi connectivity index (χ2v) is 6.82. The quantitative estimate of drug-likeness (QED) is 0.914. The van der Waals surface area contributed by atoms with Gasteiger partial charge in [-0.2, -0.15) is 0 Å². The Balaban J connectivity index is 2.02. The first-order valence-electron chi connectivity index (χ1n) is 7.06. The maximum absolute atomic E-state index is 9.64. The summed E-state index contributed by atoms with van der Waals surface area (Å²) in [5, 5.41) is 10.4. The van der Waals surface area contributed by atoms with Gasteiger partial charge in [0.05, 0.1) is 6.10 Å². The van der Waals surface area contributed by atoms with Crippen molar-refractivity contribution in [1.29, 1.82) is 0 Å². The van der Waals surface area contributed by atoms with E-state index in [0.29, 0.717) is 6.04 Å². The molecule has 0 saturated carbocycles. The standard InChI is InChI=1S/C16H24ClNO/c1-12(18-9-8-15(19)11-18)10-16(2,3)13-4-6-14(17)7-5-13/h4-7,12,15,19H,8-11H2,1-3H3/t12-,15+/m1/s1. The highest BCUT2D eigenvalue weighted by Gasteiger charge is 2.29. The lowest BCUT2D eigenvalue weighted by Crippen LogP contribution is -2.36. The molecule has 0 radical (unpaired) electrons. The molecule has 106 valence electrons. The van der Waals surface area contributed by atoms with Gasteiger partial charge in [-0.1, -0.05) is 37.6 Å². The van der Waals surface area contributed by atoms with Gasteiger partial charge in [-0.3, -0.25) is 4.90 Å². The molecule has 1 saturated heterocycles. The molecule has 0 aromatic heterocycles. The summed E-state index contributed by atoms with van der Waals surface area (Å²) in [7, 11) is 0. The molecule has 1 N–H and O–H groups in total. The summed E-state index contributed by atoms with van der Waals surface area (Å²) in [6.07, 6.45) is 1.86. The average Bonchev–Trinajstić information content (AvgIpc) is 2.76. The van der Waals surface area contributed by atoms with Crippen LogP contribution in [0.3, 0.4) is 0 Å². The fraction of sp³-hybridized carbons (Fsp3) is 0.625. The number of aliphatic hydroxyl groups excluding tert-OH is 1. The van der Waals surface area contributed by atoms with Gasteiger partial charge in [0.15, 0.2) is 0 Å². The molecule has 0 amide bonds. The lowest BCUT2D eigenvalue weighted by Gasteiger charge is -2.33. The van der Waals surface area contributed by atoms with Gasteiger partial charge >= 0.3 is 0 Å². The second-order valence-electron chi connectivity index (χ2n) is 6.38. The van der Waals surface area contributed by atoms with Crippen molar-refractivity contribution in [3.05, 3.63) is 34.9 Å². The Morgan fingerprint density at radius 1 is 1.37 bits per heavy atom. The predicted molar refractivity (Wildman–Crippen MR) is 80.8 cm³/mol. The summed E-state index contributed by atoms with van der Waals surface area (Å²) < 4.78 is 0. The molecule has 1 aromatic carbocycles. The van der Waals surface area contributed by atoms with E-state index in [-0.39, 0.29) is 11.5 Å². The van der Waals surface area contributed by atoms with Crippen molar-refractivity contribution in [3.63, 3.8) is 0 Å². The lowest BCUT2D eigenvalue weighted by molar-refractivity contribution is 0.152. The number of hydrogen-bond acceptors (Lipinski definition) is 2. The first-order chi connectivity index (χ1) is 8.88. The largest absolute Gasteiger partial charge is 0.392 e. The second kappa shape index (κ2) is 5.82. The minimum absolute atomic E-state index is 0.123. The van der Waals surface area contributed by atoms with Gasteiger partial charge < -0.3 is 5.11 Å². The molecule has 0 unspecified atom stereocenters. The van der Waals surface area contributed by atoms with E-state index >= 15 is 0 Å². The third-order valence-electron chi connectivity index (χ3n) is 4.25. The number of rotatable bonds is 4. The normalized spacial score (nSPS) is 22.7. The number of hydrogen-bond donors (Lipinski definition) is 1. The minimum atomic E-state index is -0.138. The Morgan fingerprint density at radius 3 is 2.53 bits per heavy atom. The zero-order chi connectivity index (χ0) is 14.0. The molecule has 0 spiro atoms. The molecule has 19 heavy (non-hydrogen) atoms. The highest BCUT2D eigenvalue weighted by atomic mass is 35.5. The molecule has 2 rings (SSSR count). The number of aliphatic hydroxyl groups is 1. The van der Waals surface area contributed by atoms with Gasteiger partial charge in [0.25, 0.3) is 0 Å². The number of β-amino-alcohol motifs (C(OH)–C–C–N with tert-alkyl or cyclic N) is 1. The lowest BCUT2D eigenvalue weighted by atomic mass is 9.79. The SMILES string of the molecule is C[C@H](CC(C)(C)c1ccc(Cl)cc1)N1CC[C@H](O)C1. The van der Waals surface area contributed by atoms with Crippen molar-refractivity contribution in [2.75, 3.05) is 13.1 Å². The monoisotopic (exact) mass is 281 g/mol. The van der Waals surface area contributed by atoms with Gasteiger partial charge in [0, 0.05) is 24.2 Å². The molecule has 1 aliphatic heterocycles. The van der Waals surface area contributed by atoms with E-state index in [1.54, 1.807) is 0 Å². The average molecular weight is 282 g/mol. The van der Waals surface area contributed by atoms with Crippen LogP contribution in [-0.2, 0) is 5.41 Å². The fourth-order valence-electron chi connectivity index (χ4n) is 3.06. The van der Waals surface area contributed by atoms with Crippen LogP contribution >= 0.6 is 11.6 Å². The molecule has 1 aromatic rings. The number of halogens is 1. The number of benzene rings is 1. The molecule has 1 heterocycles. The van der Waals surface area contributed by atoms with Crippen LogP contribution in [-0.4, -0.2) is 35.2 Å². The molecule has 0 bridgehead atoms. The molecule has 1 fully saturated rings. The van der Waals surface area contributed by atoms with Crippen LogP contribution in [0.1, 0.15) is 39.2 Å². The number of nitrogens with zero attached hydrogens (tertiary/aromatic N) is 1. The van der Waals surface area contributed by atoms with Gasteiger partial charge in [-0.15, -0.1) is 0 Å². The smallest absolute Gasteiger partial charge is 0.0679 e. The Hall–Kier alpha value is -0.570. The Kier molecular flexibility index (Phi) is 4.54. The summed E-state index contributed by atoms with van der Waals surface area (Å²) in [4.78, 5) is 2.39. The Morgan fingerprint density at radius 2 is 2.00 bits per heavy atom. The van der Waals surface area contributed by atoms with Crippen molar-refractivity contribution < 1.29 is 5.11 Å². The zero-order valence-corrected chi connectivity index (χ0v) is 12.8. The van der Waals surface area contributed by atoms with Crippen molar-refractivity contribution >= 4 is 11.6 Å². The predicted octanol–water partition coefficient (Wildman–Crippen LogP) is 3.46. The molecule has 3 heteroatoms. The van der Waals surface area contributed by atoms with E-state index in [9.17, 15) is 5.11 Å². The van der Waals surface area contributed by atoms with Crippen molar-refractivity contribution in [2.45, 2.75) is 51.2 Å². The van der Waals surface area contributed by atoms with E-state index < -0.39 is 0 Å². The van der Waals surface area contributed by atoms with Crippen LogP contribution in [0.4, 0.5) is 0 Å². The van der Waals surface area contributed by atoms with Gasteiger partial charge in [-0.25, -0.2) is 0 Å². The van der Waals surface area contributed by atoms with E-state index in [4.69, 9.17) is 11.6 Å². The van der Waals surface area contributed by atoms with E-state index in [2.05, 4.69) is 37.8 Å². The summed E-state index contributed by atoms with van der Waals surface area (Å²) in [5.74, 6) is 0. The fourth-order valence-corrected chi connectivity index (χ4v) is 3.18. The topological polar surface area (TPSA) is 23.5 Å². The van der Waals surface area contributed by atoms with Gasteiger partial charge in [0.1, 0.15) is 0 Å².